The van der Waals surface area contributed by atoms with Crippen molar-refractivity contribution >= 4 is 17.1 Å². The fourth-order valence-electron chi connectivity index (χ4n) is 7.08. The Morgan fingerprint density at radius 1 is 0.467 bits per heavy atom. The lowest BCUT2D eigenvalue weighted by molar-refractivity contribution is 0.632. The third-order valence-electron chi connectivity index (χ3n) is 9.33. The van der Waals surface area contributed by atoms with Gasteiger partial charge in [0.05, 0.1) is 17.1 Å². The first kappa shape index (κ1) is 27.2. The van der Waals surface area contributed by atoms with Gasteiger partial charge in [-0.05, 0) is 34.9 Å². The van der Waals surface area contributed by atoms with Gasteiger partial charge in [0.1, 0.15) is 0 Å². The molecule has 45 heavy (non-hydrogen) atoms. The summed E-state index contributed by atoms with van der Waals surface area (Å²) in [4.78, 5) is 17.7. The predicted molar refractivity (Wildman–Crippen MR) is 184 cm³/mol. The van der Waals surface area contributed by atoms with E-state index in [1.165, 1.54) is 28.1 Å². The van der Waals surface area contributed by atoms with E-state index >= 15 is 0 Å². The minimum atomic E-state index is -0.199. The summed E-state index contributed by atoms with van der Waals surface area (Å²) in [6.45, 7) is 9.25. The van der Waals surface area contributed by atoms with Gasteiger partial charge in [0.25, 0.3) is 0 Å². The van der Waals surface area contributed by atoms with Crippen molar-refractivity contribution in [3.63, 3.8) is 0 Å². The summed E-state index contributed by atoms with van der Waals surface area (Å²) in [6.07, 6.45) is 2.42. The lowest BCUT2D eigenvalue weighted by atomic mass is 9.73. The number of aromatic nitrogens is 3. The van der Waals surface area contributed by atoms with Gasteiger partial charge in [-0.2, -0.15) is 0 Å². The molecule has 4 nitrogen and oxygen atoms in total. The molecule has 0 fully saturated rings. The smallest absolute Gasteiger partial charge is 0.164 e. The molecule has 1 aromatic heterocycles. The molecule has 0 bridgehead atoms. The Morgan fingerprint density at radius 3 is 1.49 bits per heavy atom. The average molecular weight is 583 g/mol. The molecule has 2 heterocycles. The Bertz CT molecular complexity index is 2000. The fraction of sp³-hybridized carbons (Fsp3) is 0.146. The summed E-state index contributed by atoms with van der Waals surface area (Å²) in [7, 11) is 0. The molecule has 0 saturated carbocycles. The molecule has 5 aromatic carbocycles. The van der Waals surface area contributed by atoms with Gasteiger partial charge in [0.15, 0.2) is 17.5 Å². The number of hydrogen-bond acceptors (Lipinski definition) is 4. The Balaban J connectivity index is 1.39. The average Bonchev–Trinajstić information content (AvgIpc) is 3.35. The molecule has 0 atom stereocenters. The number of para-hydroxylation sites is 2. The molecule has 0 unspecified atom stereocenters. The summed E-state index contributed by atoms with van der Waals surface area (Å²) in [5.74, 6) is 1.99. The SMILES string of the molecule is CC1(C)C=C(N2c3ccccc3C(C)(C)c3ccccc32)c2c(-c3nc(-c4ccccc4)nc(-c4ccccc4)n3)cccc21. The molecular formula is C41H34N4. The van der Waals surface area contributed by atoms with E-state index in [1.807, 2.05) is 36.4 Å². The Morgan fingerprint density at radius 2 is 0.933 bits per heavy atom. The summed E-state index contributed by atoms with van der Waals surface area (Å²) in [5.41, 5.74) is 11.2. The van der Waals surface area contributed by atoms with Crippen molar-refractivity contribution in [1.82, 2.24) is 15.0 Å². The zero-order chi connectivity index (χ0) is 30.8. The molecule has 6 aromatic rings. The summed E-state index contributed by atoms with van der Waals surface area (Å²) >= 11 is 0. The molecule has 0 N–H and O–H groups in total. The van der Waals surface area contributed by atoms with Crippen molar-refractivity contribution in [2.75, 3.05) is 4.90 Å². The van der Waals surface area contributed by atoms with Crippen LogP contribution in [0.4, 0.5) is 11.4 Å². The van der Waals surface area contributed by atoms with E-state index in [0.717, 1.165) is 28.0 Å². The standard InChI is InChI=1S/C41H34N4/c1-40(2)26-35(45-33-24-13-11-21-30(33)41(3,4)31-22-12-14-25-34(31)45)36-29(20-15-23-32(36)40)39-43-37(27-16-7-5-8-17-27)42-38(44-39)28-18-9-6-10-19-28/h5-26H,1-4H3. The lowest BCUT2D eigenvalue weighted by Crippen LogP contribution is -2.32. The Hall–Kier alpha value is -5.35. The Labute approximate surface area is 264 Å². The van der Waals surface area contributed by atoms with Crippen molar-refractivity contribution in [2.45, 2.75) is 38.5 Å². The largest absolute Gasteiger partial charge is 0.310 e. The van der Waals surface area contributed by atoms with Crippen LogP contribution in [-0.4, -0.2) is 15.0 Å². The first-order chi connectivity index (χ1) is 21.8. The second-order valence-electron chi connectivity index (χ2n) is 13.0. The van der Waals surface area contributed by atoms with E-state index in [9.17, 15) is 0 Å². The van der Waals surface area contributed by atoms with Crippen LogP contribution in [0.5, 0.6) is 0 Å². The molecule has 218 valence electrons. The maximum Gasteiger partial charge on any atom is 0.164 e. The molecule has 0 amide bonds. The van der Waals surface area contributed by atoms with Crippen LogP contribution >= 0.6 is 0 Å². The summed E-state index contributed by atoms with van der Waals surface area (Å²) < 4.78 is 0. The van der Waals surface area contributed by atoms with E-state index in [0.29, 0.717) is 17.5 Å². The van der Waals surface area contributed by atoms with E-state index in [-0.39, 0.29) is 10.8 Å². The highest BCUT2D eigenvalue weighted by atomic mass is 15.2. The van der Waals surface area contributed by atoms with Crippen molar-refractivity contribution in [1.29, 1.82) is 0 Å². The van der Waals surface area contributed by atoms with E-state index in [1.54, 1.807) is 0 Å². The van der Waals surface area contributed by atoms with Crippen LogP contribution in [0, 0.1) is 0 Å². The Kier molecular flexibility index (Phi) is 6.11. The molecule has 8 rings (SSSR count). The quantitative estimate of drug-likeness (QED) is 0.207. The maximum absolute atomic E-state index is 5.15. The topological polar surface area (TPSA) is 41.9 Å². The van der Waals surface area contributed by atoms with E-state index < -0.39 is 0 Å². The van der Waals surface area contributed by atoms with E-state index in [4.69, 9.17) is 15.0 Å². The van der Waals surface area contributed by atoms with Gasteiger partial charge >= 0.3 is 0 Å². The molecule has 1 aliphatic heterocycles. The van der Waals surface area contributed by atoms with Crippen LogP contribution in [0.1, 0.15) is 49.9 Å². The fourth-order valence-corrected chi connectivity index (χ4v) is 7.08. The molecule has 0 spiro atoms. The zero-order valence-corrected chi connectivity index (χ0v) is 26.0. The zero-order valence-electron chi connectivity index (χ0n) is 26.0. The lowest BCUT2D eigenvalue weighted by Gasteiger charge is -2.42. The van der Waals surface area contributed by atoms with Gasteiger partial charge in [0, 0.05) is 33.1 Å². The van der Waals surface area contributed by atoms with Gasteiger partial charge in [0.2, 0.25) is 0 Å². The van der Waals surface area contributed by atoms with E-state index in [2.05, 4.69) is 130 Å². The minimum absolute atomic E-state index is 0.135. The number of nitrogens with zero attached hydrogens (tertiary/aromatic N) is 4. The summed E-state index contributed by atoms with van der Waals surface area (Å²) in [5, 5.41) is 0. The van der Waals surface area contributed by atoms with Gasteiger partial charge in [-0.3, -0.25) is 0 Å². The van der Waals surface area contributed by atoms with Crippen molar-refractivity contribution in [3.05, 3.63) is 156 Å². The number of allylic oxidation sites excluding steroid dienone is 1. The molecule has 0 radical (unpaired) electrons. The van der Waals surface area contributed by atoms with Gasteiger partial charge in [-0.1, -0.05) is 143 Å². The van der Waals surface area contributed by atoms with Crippen LogP contribution in [0.2, 0.25) is 0 Å². The van der Waals surface area contributed by atoms with Gasteiger partial charge in [-0.15, -0.1) is 0 Å². The van der Waals surface area contributed by atoms with Gasteiger partial charge < -0.3 is 4.90 Å². The molecule has 0 saturated heterocycles. The molecule has 2 aliphatic rings. The van der Waals surface area contributed by atoms with Crippen molar-refractivity contribution < 1.29 is 0 Å². The first-order valence-electron chi connectivity index (χ1n) is 15.6. The highest BCUT2D eigenvalue weighted by Crippen LogP contribution is 2.55. The van der Waals surface area contributed by atoms with Crippen LogP contribution < -0.4 is 4.90 Å². The van der Waals surface area contributed by atoms with Crippen molar-refractivity contribution in [3.8, 4) is 34.2 Å². The third-order valence-corrected chi connectivity index (χ3v) is 9.33. The van der Waals surface area contributed by atoms with Crippen LogP contribution in [0.3, 0.4) is 0 Å². The predicted octanol–water partition coefficient (Wildman–Crippen LogP) is 9.98. The number of anilines is 2. The van der Waals surface area contributed by atoms with Crippen LogP contribution in [0.25, 0.3) is 39.9 Å². The highest BCUT2D eigenvalue weighted by molar-refractivity contribution is 5.99. The minimum Gasteiger partial charge on any atom is -0.310 e. The second kappa shape index (κ2) is 10.1. The monoisotopic (exact) mass is 582 g/mol. The van der Waals surface area contributed by atoms with Gasteiger partial charge in [-0.25, -0.2) is 15.0 Å². The van der Waals surface area contributed by atoms with Crippen LogP contribution in [0.15, 0.2) is 133 Å². The third kappa shape index (κ3) is 4.32. The van der Waals surface area contributed by atoms with Crippen LogP contribution in [-0.2, 0) is 10.8 Å². The highest BCUT2D eigenvalue weighted by Gasteiger charge is 2.41. The maximum atomic E-state index is 5.15. The number of hydrogen-bond donors (Lipinski definition) is 0. The molecule has 4 heteroatoms. The molecular weight excluding hydrogens is 548 g/mol. The van der Waals surface area contributed by atoms with Crippen molar-refractivity contribution in [2.24, 2.45) is 0 Å². The normalized spacial score (nSPS) is 15.6. The second-order valence-corrected chi connectivity index (χ2v) is 13.0. The number of rotatable bonds is 4. The number of benzene rings is 5. The number of fused-ring (bicyclic) bond motifs is 3. The first-order valence-corrected chi connectivity index (χ1v) is 15.6. The summed E-state index contributed by atoms with van der Waals surface area (Å²) in [6, 6.07) is 44.6. The molecule has 1 aliphatic carbocycles.